The van der Waals surface area contributed by atoms with E-state index in [0.717, 1.165) is 6.42 Å². The number of fused-ring (bicyclic) bond motifs is 5. The van der Waals surface area contributed by atoms with Crippen molar-refractivity contribution in [3.05, 3.63) is 24.3 Å². The van der Waals surface area contributed by atoms with Gasteiger partial charge in [0.25, 0.3) is 0 Å². The van der Waals surface area contributed by atoms with Gasteiger partial charge in [-0.15, -0.1) is 0 Å². The molecule has 3 aliphatic rings. The average Bonchev–Trinajstić information content (AvgIpc) is 2.84. The molecule has 0 amide bonds. The molecule has 0 aromatic rings. The number of carbonyl (C=O) groups excluding carboxylic acids is 1. The Balaban J connectivity index is 2.07. The van der Waals surface area contributed by atoms with Crippen molar-refractivity contribution in [3.8, 4) is 0 Å². The van der Waals surface area contributed by atoms with E-state index in [1.165, 1.54) is 6.42 Å². The minimum Gasteiger partial charge on any atom is -0.295 e. The first kappa shape index (κ1) is 9.38. The van der Waals surface area contributed by atoms with Crippen molar-refractivity contribution in [3.63, 3.8) is 0 Å². The van der Waals surface area contributed by atoms with E-state index in [4.69, 9.17) is 0 Å². The number of allylic oxidation sites excluding steroid dienone is 4. The Morgan fingerprint density at radius 2 is 2.13 bits per heavy atom. The van der Waals surface area contributed by atoms with E-state index < -0.39 is 0 Å². The zero-order valence-corrected chi connectivity index (χ0v) is 9.44. The van der Waals surface area contributed by atoms with E-state index in [2.05, 4.69) is 32.1 Å². The molecular weight excluding hydrogens is 184 g/mol. The quantitative estimate of drug-likeness (QED) is 0.597. The molecule has 3 aliphatic carbocycles. The topological polar surface area (TPSA) is 17.1 Å². The highest BCUT2D eigenvalue weighted by molar-refractivity contribution is 5.94. The van der Waals surface area contributed by atoms with Crippen molar-refractivity contribution in [2.24, 2.45) is 29.1 Å². The molecule has 1 fully saturated rings. The van der Waals surface area contributed by atoms with Crippen LogP contribution in [0.3, 0.4) is 0 Å². The van der Waals surface area contributed by atoms with Gasteiger partial charge in [-0.2, -0.15) is 0 Å². The molecule has 15 heavy (non-hydrogen) atoms. The van der Waals surface area contributed by atoms with Crippen LogP contribution in [-0.2, 0) is 4.79 Å². The normalized spacial score (nSPS) is 51.2. The molecule has 0 heterocycles. The molecule has 80 valence electrons. The molecule has 0 aromatic heterocycles. The lowest BCUT2D eigenvalue weighted by Crippen LogP contribution is -2.40. The predicted molar refractivity (Wildman–Crippen MR) is 60.3 cm³/mol. The van der Waals surface area contributed by atoms with Gasteiger partial charge < -0.3 is 0 Å². The second-order valence-corrected chi connectivity index (χ2v) is 5.59. The van der Waals surface area contributed by atoms with Gasteiger partial charge in [0.15, 0.2) is 5.78 Å². The van der Waals surface area contributed by atoms with Crippen molar-refractivity contribution >= 4 is 5.78 Å². The maximum absolute atomic E-state index is 11.9. The summed E-state index contributed by atoms with van der Waals surface area (Å²) in [5.41, 5.74) is 0.253. The standard InChI is InChI=1S/C14H18O/c1-3-14(2)7-6-11(15)12-9-4-5-10(8-9)13(12)14/h4-7,9-10,12-13H,3,8H2,1-2H3/t9-,10+,12+,13+,14-/m1/s1. The van der Waals surface area contributed by atoms with Crippen LogP contribution in [0.2, 0.25) is 0 Å². The van der Waals surface area contributed by atoms with Crippen LogP contribution in [0.5, 0.6) is 0 Å². The second-order valence-electron chi connectivity index (χ2n) is 5.59. The molecule has 5 atom stereocenters. The Kier molecular flexibility index (Phi) is 1.78. The average molecular weight is 202 g/mol. The summed E-state index contributed by atoms with van der Waals surface area (Å²) in [6.07, 6.45) is 11.0. The summed E-state index contributed by atoms with van der Waals surface area (Å²) in [7, 11) is 0. The van der Waals surface area contributed by atoms with Crippen molar-refractivity contribution in [2.75, 3.05) is 0 Å². The molecule has 1 saturated carbocycles. The van der Waals surface area contributed by atoms with Gasteiger partial charge >= 0.3 is 0 Å². The lowest BCUT2D eigenvalue weighted by molar-refractivity contribution is -0.122. The molecule has 1 nitrogen and oxygen atoms in total. The van der Waals surface area contributed by atoms with Crippen molar-refractivity contribution < 1.29 is 4.79 Å². The van der Waals surface area contributed by atoms with Gasteiger partial charge in [-0.1, -0.05) is 32.1 Å². The highest BCUT2D eigenvalue weighted by Crippen LogP contribution is 2.58. The SMILES string of the molecule is CC[C@]1(C)C=CC(=O)[C@H]2[C@@H]1[C@H]1C=C[C@@H]2C1. The summed E-state index contributed by atoms with van der Waals surface area (Å²) in [5.74, 6) is 2.47. The fourth-order valence-corrected chi connectivity index (χ4v) is 3.96. The molecular formula is C14H18O. The summed E-state index contributed by atoms with van der Waals surface area (Å²) in [6, 6.07) is 0. The molecule has 0 aliphatic heterocycles. The molecule has 3 rings (SSSR count). The summed E-state index contributed by atoms with van der Waals surface area (Å²) in [6.45, 7) is 4.56. The minimum absolute atomic E-state index is 0.253. The maximum Gasteiger partial charge on any atom is 0.159 e. The zero-order valence-electron chi connectivity index (χ0n) is 9.44. The fourth-order valence-electron chi connectivity index (χ4n) is 3.96. The molecule has 2 bridgehead atoms. The number of carbonyl (C=O) groups is 1. The van der Waals surface area contributed by atoms with Crippen molar-refractivity contribution in [1.82, 2.24) is 0 Å². The Labute approximate surface area is 91.2 Å². The third kappa shape index (κ3) is 1.07. The van der Waals surface area contributed by atoms with Gasteiger partial charge in [0.2, 0.25) is 0 Å². The van der Waals surface area contributed by atoms with Crippen molar-refractivity contribution in [1.29, 1.82) is 0 Å². The largest absolute Gasteiger partial charge is 0.295 e. The molecule has 0 aromatic carbocycles. The molecule has 1 heteroatoms. The number of hydrogen-bond donors (Lipinski definition) is 0. The predicted octanol–water partition coefficient (Wildman–Crippen LogP) is 2.98. The van der Waals surface area contributed by atoms with Gasteiger partial charge in [-0.05, 0) is 42.1 Å². The van der Waals surface area contributed by atoms with Gasteiger partial charge in [0, 0.05) is 5.92 Å². The Morgan fingerprint density at radius 1 is 1.40 bits per heavy atom. The molecule has 0 spiro atoms. The van der Waals surface area contributed by atoms with Gasteiger partial charge in [0.1, 0.15) is 0 Å². The monoisotopic (exact) mass is 202 g/mol. The Hall–Kier alpha value is -0.850. The Bertz CT molecular complexity index is 366. The zero-order chi connectivity index (χ0) is 10.6. The van der Waals surface area contributed by atoms with Crippen LogP contribution in [-0.4, -0.2) is 5.78 Å². The smallest absolute Gasteiger partial charge is 0.159 e. The minimum atomic E-state index is 0.253. The first-order chi connectivity index (χ1) is 7.15. The van der Waals surface area contributed by atoms with Crippen LogP contribution in [0, 0.1) is 29.1 Å². The van der Waals surface area contributed by atoms with E-state index in [0.29, 0.717) is 29.5 Å². The van der Waals surface area contributed by atoms with Crippen molar-refractivity contribution in [2.45, 2.75) is 26.7 Å². The van der Waals surface area contributed by atoms with Crippen LogP contribution < -0.4 is 0 Å². The maximum atomic E-state index is 11.9. The van der Waals surface area contributed by atoms with E-state index >= 15 is 0 Å². The first-order valence-corrected chi connectivity index (χ1v) is 6.07. The molecule has 0 saturated heterocycles. The van der Waals surface area contributed by atoms with Crippen LogP contribution in [0.4, 0.5) is 0 Å². The van der Waals surface area contributed by atoms with Gasteiger partial charge in [0.05, 0.1) is 0 Å². The number of ketones is 1. The third-order valence-corrected chi connectivity index (χ3v) is 4.94. The highest BCUT2D eigenvalue weighted by atomic mass is 16.1. The van der Waals surface area contributed by atoms with Crippen LogP contribution in [0.15, 0.2) is 24.3 Å². The Morgan fingerprint density at radius 3 is 2.87 bits per heavy atom. The first-order valence-electron chi connectivity index (χ1n) is 6.07. The summed E-state index contributed by atoms with van der Waals surface area (Å²) < 4.78 is 0. The third-order valence-electron chi connectivity index (χ3n) is 4.94. The molecule has 0 N–H and O–H groups in total. The van der Waals surface area contributed by atoms with Gasteiger partial charge in [-0.3, -0.25) is 4.79 Å². The number of hydrogen-bond acceptors (Lipinski definition) is 1. The summed E-state index contributed by atoms with van der Waals surface area (Å²) in [5, 5.41) is 0. The lowest BCUT2D eigenvalue weighted by atomic mass is 9.61. The van der Waals surface area contributed by atoms with Crippen LogP contribution in [0.1, 0.15) is 26.7 Å². The number of rotatable bonds is 1. The van der Waals surface area contributed by atoms with E-state index in [-0.39, 0.29) is 5.41 Å². The van der Waals surface area contributed by atoms with Crippen LogP contribution in [0.25, 0.3) is 0 Å². The molecule has 0 radical (unpaired) electrons. The second kappa shape index (κ2) is 2.84. The lowest BCUT2D eigenvalue weighted by Gasteiger charge is -2.42. The van der Waals surface area contributed by atoms with E-state index in [1.807, 2.05) is 6.08 Å². The van der Waals surface area contributed by atoms with Crippen LogP contribution >= 0.6 is 0 Å². The van der Waals surface area contributed by atoms with E-state index in [9.17, 15) is 4.79 Å². The molecule has 0 unspecified atom stereocenters. The summed E-state index contributed by atoms with van der Waals surface area (Å²) >= 11 is 0. The highest BCUT2D eigenvalue weighted by Gasteiger charge is 2.54. The van der Waals surface area contributed by atoms with Gasteiger partial charge in [-0.25, -0.2) is 0 Å². The fraction of sp³-hybridized carbons (Fsp3) is 0.643. The summed E-state index contributed by atoms with van der Waals surface area (Å²) in [4.78, 5) is 11.9. The van der Waals surface area contributed by atoms with E-state index in [1.54, 1.807) is 0 Å².